The minimum atomic E-state index is -0.220. The Morgan fingerprint density at radius 3 is 3.00 bits per heavy atom. The summed E-state index contributed by atoms with van der Waals surface area (Å²) >= 11 is 7.45. The maximum absolute atomic E-state index is 12.4. The molecule has 1 aliphatic carbocycles. The van der Waals surface area contributed by atoms with Crippen molar-refractivity contribution in [1.29, 1.82) is 0 Å². The average Bonchev–Trinajstić information content (AvgIpc) is 3.19. The van der Waals surface area contributed by atoms with E-state index in [1.54, 1.807) is 18.2 Å². The van der Waals surface area contributed by atoms with E-state index in [0.717, 1.165) is 28.4 Å². The molecule has 2 aromatic heterocycles. The zero-order valence-electron chi connectivity index (χ0n) is 14.0. The first-order chi connectivity index (χ1) is 12.6. The lowest BCUT2D eigenvalue weighted by Crippen LogP contribution is -2.22. The molecule has 6 nitrogen and oxygen atoms in total. The Labute approximate surface area is 159 Å². The fraction of sp³-hybridized carbons (Fsp3) is 0.278. The third-order valence-corrected chi connectivity index (χ3v) is 5.40. The Kier molecular flexibility index (Phi) is 4.65. The van der Waals surface area contributed by atoms with Gasteiger partial charge in [-0.2, -0.15) is 4.98 Å². The van der Waals surface area contributed by atoms with E-state index in [-0.39, 0.29) is 5.91 Å². The molecule has 4 rings (SSSR count). The third kappa shape index (κ3) is 3.59. The van der Waals surface area contributed by atoms with Gasteiger partial charge in [0.2, 0.25) is 0 Å². The average molecular weight is 390 g/mol. The van der Waals surface area contributed by atoms with Crippen LogP contribution in [0.1, 0.15) is 39.8 Å². The molecule has 0 radical (unpaired) electrons. The number of halogens is 1. The lowest BCUT2D eigenvalue weighted by molar-refractivity contribution is 0.0948. The van der Waals surface area contributed by atoms with Gasteiger partial charge in [-0.1, -0.05) is 16.8 Å². The van der Waals surface area contributed by atoms with Gasteiger partial charge in [0.1, 0.15) is 5.75 Å². The first-order valence-corrected chi connectivity index (χ1v) is 9.38. The van der Waals surface area contributed by atoms with Gasteiger partial charge in [0.15, 0.2) is 5.82 Å². The molecule has 1 aliphatic rings. The number of rotatable bonds is 6. The van der Waals surface area contributed by atoms with Crippen LogP contribution in [-0.2, 0) is 6.54 Å². The second-order valence-electron chi connectivity index (χ2n) is 6.03. The van der Waals surface area contributed by atoms with Crippen LogP contribution < -0.4 is 10.1 Å². The van der Waals surface area contributed by atoms with Crippen LogP contribution in [0.4, 0.5) is 0 Å². The van der Waals surface area contributed by atoms with Crippen molar-refractivity contribution in [1.82, 2.24) is 15.5 Å². The van der Waals surface area contributed by atoms with Crippen LogP contribution in [0.15, 0.2) is 34.9 Å². The molecule has 1 fully saturated rings. The van der Waals surface area contributed by atoms with Gasteiger partial charge in [0.05, 0.1) is 24.1 Å². The zero-order chi connectivity index (χ0) is 18.1. The number of benzene rings is 1. The van der Waals surface area contributed by atoms with Crippen molar-refractivity contribution >= 4 is 28.8 Å². The van der Waals surface area contributed by atoms with E-state index in [2.05, 4.69) is 15.5 Å². The number of hydrogen-bond acceptors (Lipinski definition) is 6. The lowest BCUT2D eigenvalue weighted by atomic mass is 10.2. The van der Waals surface area contributed by atoms with Gasteiger partial charge in [-0.3, -0.25) is 4.79 Å². The Morgan fingerprint density at radius 1 is 1.38 bits per heavy atom. The summed E-state index contributed by atoms with van der Waals surface area (Å²) in [6.45, 7) is 0.402. The lowest BCUT2D eigenvalue weighted by Gasteiger charge is -2.09. The number of methoxy groups -OCH3 is 1. The number of hydrogen-bond donors (Lipinski definition) is 1. The van der Waals surface area contributed by atoms with Crippen molar-refractivity contribution in [3.8, 4) is 16.5 Å². The highest BCUT2D eigenvalue weighted by Gasteiger charge is 2.29. The molecule has 3 aromatic rings. The monoisotopic (exact) mass is 389 g/mol. The summed E-state index contributed by atoms with van der Waals surface area (Å²) in [4.78, 5) is 18.7. The number of amides is 1. The van der Waals surface area contributed by atoms with Crippen LogP contribution in [0, 0.1) is 0 Å². The molecule has 1 aromatic carbocycles. The first-order valence-electron chi connectivity index (χ1n) is 8.18. The SMILES string of the molecule is COc1cc(Cl)ccc1C(=O)NCc1ccc(-c2nc(C3CC3)no2)s1. The van der Waals surface area contributed by atoms with Gasteiger partial charge in [-0.25, -0.2) is 0 Å². The summed E-state index contributed by atoms with van der Waals surface area (Å²) < 4.78 is 10.6. The van der Waals surface area contributed by atoms with E-state index < -0.39 is 0 Å². The topological polar surface area (TPSA) is 77.2 Å². The molecule has 0 aliphatic heterocycles. The van der Waals surface area contributed by atoms with E-state index in [4.69, 9.17) is 20.9 Å². The quantitative estimate of drug-likeness (QED) is 0.681. The molecule has 8 heteroatoms. The van der Waals surface area contributed by atoms with Gasteiger partial charge in [-0.05, 0) is 43.2 Å². The summed E-state index contributed by atoms with van der Waals surface area (Å²) in [7, 11) is 1.51. The van der Waals surface area contributed by atoms with E-state index in [0.29, 0.717) is 34.7 Å². The summed E-state index contributed by atoms with van der Waals surface area (Å²) in [5, 5.41) is 7.44. The first kappa shape index (κ1) is 17.1. The van der Waals surface area contributed by atoms with Crippen LogP contribution in [0.2, 0.25) is 5.02 Å². The molecule has 1 N–H and O–H groups in total. The Balaban J connectivity index is 1.42. The normalized spacial score (nSPS) is 13.6. The maximum atomic E-state index is 12.4. The predicted molar refractivity (Wildman–Crippen MR) is 98.8 cm³/mol. The summed E-state index contributed by atoms with van der Waals surface area (Å²) in [6.07, 6.45) is 2.27. The van der Waals surface area contributed by atoms with Crippen LogP contribution >= 0.6 is 22.9 Å². The smallest absolute Gasteiger partial charge is 0.268 e. The second kappa shape index (κ2) is 7.09. The van der Waals surface area contributed by atoms with Gasteiger partial charge in [0, 0.05) is 15.8 Å². The molecule has 134 valence electrons. The molecule has 0 bridgehead atoms. The molecule has 1 saturated carbocycles. The minimum Gasteiger partial charge on any atom is -0.496 e. The Morgan fingerprint density at radius 2 is 2.23 bits per heavy atom. The molecule has 1 amide bonds. The minimum absolute atomic E-state index is 0.220. The highest BCUT2D eigenvalue weighted by atomic mass is 35.5. The maximum Gasteiger partial charge on any atom is 0.268 e. The molecule has 0 atom stereocenters. The van der Waals surface area contributed by atoms with Gasteiger partial charge < -0.3 is 14.6 Å². The number of thiophene rings is 1. The number of aromatic nitrogens is 2. The van der Waals surface area contributed by atoms with Crippen LogP contribution in [-0.4, -0.2) is 23.2 Å². The van der Waals surface area contributed by atoms with E-state index >= 15 is 0 Å². The van der Waals surface area contributed by atoms with Gasteiger partial charge in [-0.15, -0.1) is 11.3 Å². The number of carbonyl (C=O) groups is 1. The highest BCUT2D eigenvalue weighted by Crippen LogP contribution is 2.39. The van der Waals surface area contributed by atoms with Crippen molar-refractivity contribution < 1.29 is 14.1 Å². The highest BCUT2D eigenvalue weighted by molar-refractivity contribution is 7.15. The summed E-state index contributed by atoms with van der Waals surface area (Å²) in [5.74, 6) is 2.01. The number of ether oxygens (including phenoxy) is 1. The number of carbonyl (C=O) groups excluding carboxylic acids is 1. The molecule has 0 spiro atoms. The number of nitrogens with one attached hydrogen (secondary N) is 1. The third-order valence-electron chi connectivity index (χ3n) is 4.09. The van der Waals surface area contributed by atoms with E-state index in [9.17, 15) is 4.79 Å². The molecule has 2 heterocycles. The molecular weight excluding hydrogens is 374 g/mol. The van der Waals surface area contributed by atoms with E-state index in [1.807, 2.05) is 12.1 Å². The molecule has 0 unspecified atom stereocenters. The van der Waals surface area contributed by atoms with Crippen LogP contribution in [0.5, 0.6) is 5.75 Å². The van der Waals surface area contributed by atoms with Crippen LogP contribution in [0.25, 0.3) is 10.8 Å². The van der Waals surface area contributed by atoms with Crippen molar-refractivity contribution in [3.05, 3.63) is 51.6 Å². The van der Waals surface area contributed by atoms with Gasteiger partial charge >= 0.3 is 0 Å². The fourth-order valence-corrected chi connectivity index (χ4v) is 3.58. The largest absolute Gasteiger partial charge is 0.496 e. The molecule has 0 saturated heterocycles. The zero-order valence-corrected chi connectivity index (χ0v) is 15.6. The predicted octanol–water partition coefficient (Wildman–Crippen LogP) is 4.27. The van der Waals surface area contributed by atoms with Crippen molar-refractivity contribution in [2.45, 2.75) is 25.3 Å². The standard InChI is InChI=1S/C18H16ClN3O3S/c1-24-14-8-11(19)4-6-13(14)17(23)20-9-12-5-7-15(26-12)18-21-16(22-25-18)10-2-3-10/h4-8,10H,2-3,9H2,1H3,(H,20,23). The number of nitrogens with zero attached hydrogens (tertiary/aromatic N) is 2. The van der Waals surface area contributed by atoms with E-state index in [1.165, 1.54) is 18.4 Å². The van der Waals surface area contributed by atoms with Gasteiger partial charge in [0.25, 0.3) is 11.8 Å². The molecular formula is C18H16ClN3O3S. The van der Waals surface area contributed by atoms with Crippen molar-refractivity contribution in [2.24, 2.45) is 0 Å². The summed E-state index contributed by atoms with van der Waals surface area (Å²) in [5.41, 5.74) is 0.444. The molecule has 26 heavy (non-hydrogen) atoms. The van der Waals surface area contributed by atoms with Crippen molar-refractivity contribution in [2.75, 3.05) is 7.11 Å². The Bertz CT molecular complexity index is 949. The van der Waals surface area contributed by atoms with Crippen molar-refractivity contribution in [3.63, 3.8) is 0 Å². The second-order valence-corrected chi connectivity index (χ2v) is 7.63. The summed E-state index contributed by atoms with van der Waals surface area (Å²) in [6, 6.07) is 8.80. The Hall–Kier alpha value is -2.38. The van der Waals surface area contributed by atoms with Crippen LogP contribution in [0.3, 0.4) is 0 Å². The fourth-order valence-electron chi connectivity index (χ4n) is 2.55.